The van der Waals surface area contributed by atoms with Gasteiger partial charge in [-0.25, -0.2) is 4.98 Å². The molecule has 0 saturated heterocycles. The van der Waals surface area contributed by atoms with Gasteiger partial charge >= 0.3 is 0 Å². The third-order valence-corrected chi connectivity index (χ3v) is 2.85. The average Bonchev–Trinajstić information content (AvgIpc) is 2.96. The largest absolute Gasteiger partial charge is 0.378 e. The van der Waals surface area contributed by atoms with Gasteiger partial charge in [0.25, 0.3) is 0 Å². The van der Waals surface area contributed by atoms with Crippen LogP contribution in [0.2, 0.25) is 0 Å². The zero-order valence-corrected chi connectivity index (χ0v) is 10.4. The van der Waals surface area contributed by atoms with Crippen LogP contribution in [0.15, 0.2) is 61.1 Å². The Balaban J connectivity index is 1.69. The van der Waals surface area contributed by atoms with Crippen LogP contribution in [-0.4, -0.2) is 15.0 Å². The third kappa shape index (κ3) is 2.80. The highest BCUT2D eigenvalue weighted by Crippen LogP contribution is 2.15. The second-order valence-corrected chi connectivity index (χ2v) is 4.20. The highest BCUT2D eigenvalue weighted by atomic mass is 15.0. The molecule has 1 aromatic carbocycles. The van der Waals surface area contributed by atoms with E-state index in [2.05, 4.69) is 20.3 Å². The first-order valence-electron chi connectivity index (χ1n) is 6.15. The van der Waals surface area contributed by atoms with Gasteiger partial charge in [-0.15, -0.1) is 0 Å². The topological polar surface area (TPSA) is 53.6 Å². The van der Waals surface area contributed by atoms with Crippen LogP contribution in [0.3, 0.4) is 0 Å². The number of aromatic amines is 1. The van der Waals surface area contributed by atoms with Crippen molar-refractivity contribution in [3.63, 3.8) is 0 Å². The van der Waals surface area contributed by atoms with Crippen molar-refractivity contribution < 1.29 is 0 Å². The van der Waals surface area contributed by atoms with Crippen molar-refractivity contribution in [2.45, 2.75) is 6.54 Å². The molecule has 0 bridgehead atoms. The zero-order chi connectivity index (χ0) is 12.9. The summed E-state index contributed by atoms with van der Waals surface area (Å²) in [4.78, 5) is 11.7. The minimum Gasteiger partial charge on any atom is -0.378 e. The molecule has 2 aromatic heterocycles. The van der Waals surface area contributed by atoms with E-state index in [1.807, 2.05) is 48.7 Å². The number of pyridine rings is 1. The van der Waals surface area contributed by atoms with E-state index in [4.69, 9.17) is 0 Å². The monoisotopic (exact) mass is 250 g/mol. The maximum atomic E-state index is 4.37. The van der Waals surface area contributed by atoms with Gasteiger partial charge in [0, 0.05) is 23.6 Å². The number of anilines is 1. The van der Waals surface area contributed by atoms with Crippen LogP contribution in [0.4, 0.5) is 5.69 Å². The lowest BCUT2D eigenvalue weighted by atomic mass is 10.2. The molecule has 0 spiro atoms. The van der Waals surface area contributed by atoms with E-state index < -0.39 is 0 Å². The van der Waals surface area contributed by atoms with Crippen molar-refractivity contribution in [3.8, 4) is 11.3 Å². The molecule has 0 aliphatic heterocycles. The summed E-state index contributed by atoms with van der Waals surface area (Å²) in [7, 11) is 0. The fourth-order valence-corrected chi connectivity index (χ4v) is 1.87. The summed E-state index contributed by atoms with van der Waals surface area (Å²) >= 11 is 0. The SMILES string of the molecule is c1ccc(NCc2ncc(-c3ccncc3)[nH]2)cc1. The molecule has 0 atom stereocenters. The smallest absolute Gasteiger partial charge is 0.125 e. The summed E-state index contributed by atoms with van der Waals surface area (Å²) < 4.78 is 0. The molecule has 4 heteroatoms. The molecule has 3 rings (SSSR count). The van der Waals surface area contributed by atoms with Crippen molar-refractivity contribution >= 4 is 5.69 Å². The molecule has 19 heavy (non-hydrogen) atoms. The van der Waals surface area contributed by atoms with Crippen molar-refractivity contribution in [1.29, 1.82) is 0 Å². The number of H-pyrrole nitrogens is 1. The van der Waals surface area contributed by atoms with Gasteiger partial charge in [0.2, 0.25) is 0 Å². The number of para-hydroxylation sites is 1. The number of hydrogen-bond acceptors (Lipinski definition) is 3. The highest BCUT2D eigenvalue weighted by molar-refractivity contribution is 5.57. The first kappa shape index (κ1) is 11.5. The van der Waals surface area contributed by atoms with Crippen LogP contribution >= 0.6 is 0 Å². The van der Waals surface area contributed by atoms with E-state index in [9.17, 15) is 0 Å². The van der Waals surface area contributed by atoms with E-state index >= 15 is 0 Å². The fourth-order valence-electron chi connectivity index (χ4n) is 1.87. The van der Waals surface area contributed by atoms with E-state index in [-0.39, 0.29) is 0 Å². The number of imidazole rings is 1. The number of nitrogens with zero attached hydrogens (tertiary/aromatic N) is 2. The Morgan fingerprint density at radius 2 is 1.79 bits per heavy atom. The van der Waals surface area contributed by atoms with E-state index in [1.165, 1.54) is 0 Å². The maximum absolute atomic E-state index is 4.37. The minimum absolute atomic E-state index is 0.676. The Morgan fingerprint density at radius 3 is 2.58 bits per heavy atom. The predicted octanol–water partition coefficient (Wildman–Crippen LogP) is 3.08. The molecular formula is C15H14N4. The summed E-state index contributed by atoms with van der Waals surface area (Å²) in [6, 6.07) is 14.0. The fraction of sp³-hybridized carbons (Fsp3) is 0.0667. The van der Waals surface area contributed by atoms with Gasteiger partial charge in [0.1, 0.15) is 5.82 Å². The Bertz CT molecular complexity index is 632. The predicted molar refractivity (Wildman–Crippen MR) is 75.6 cm³/mol. The highest BCUT2D eigenvalue weighted by Gasteiger charge is 2.02. The van der Waals surface area contributed by atoms with Crippen LogP contribution in [-0.2, 0) is 6.54 Å². The Morgan fingerprint density at radius 1 is 1.00 bits per heavy atom. The van der Waals surface area contributed by atoms with Crippen LogP contribution in [0, 0.1) is 0 Å². The van der Waals surface area contributed by atoms with Gasteiger partial charge < -0.3 is 10.3 Å². The lowest BCUT2D eigenvalue weighted by Gasteiger charge is -2.03. The molecule has 94 valence electrons. The summed E-state index contributed by atoms with van der Waals surface area (Å²) in [6.45, 7) is 0.676. The molecule has 0 fully saturated rings. The number of hydrogen-bond donors (Lipinski definition) is 2. The summed E-state index contributed by atoms with van der Waals surface area (Å²) in [5, 5.41) is 3.32. The normalized spacial score (nSPS) is 10.3. The molecule has 2 heterocycles. The van der Waals surface area contributed by atoms with Gasteiger partial charge in [-0.05, 0) is 24.3 Å². The van der Waals surface area contributed by atoms with Gasteiger partial charge in [-0.1, -0.05) is 18.2 Å². The van der Waals surface area contributed by atoms with Crippen LogP contribution in [0.5, 0.6) is 0 Å². The molecular weight excluding hydrogens is 236 g/mol. The molecule has 0 unspecified atom stereocenters. The second-order valence-electron chi connectivity index (χ2n) is 4.20. The third-order valence-electron chi connectivity index (χ3n) is 2.85. The number of benzene rings is 1. The lowest BCUT2D eigenvalue weighted by Crippen LogP contribution is -2.00. The lowest BCUT2D eigenvalue weighted by molar-refractivity contribution is 1.00. The quantitative estimate of drug-likeness (QED) is 0.748. The average molecular weight is 250 g/mol. The first-order valence-corrected chi connectivity index (χ1v) is 6.15. The van der Waals surface area contributed by atoms with Gasteiger partial charge in [0.05, 0.1) is 18.4 Å². The van der Waals surface area contributed by atoms with Crippen LogP contribution in [0.1, 0.15) is 5.82 Å². The van der Waals surface area contributed by atoms with Crippen molar-refractivity contribution in [1.82, 2.24) is 15.0 Å². The molecule has 3 aromatic rings. The van der Waals surface area contributed by atoms with Crippen molar-refractivity contribution in [2.24, 2.45) is 0 Å². The van der Waals surface area contributed by atoms with Crippen molar-refractivity contribution in [2.75, 3.05) is 5.32 Å². The number of rotatable bonds is 4. The summed E-state index contributed by atoms with van der Waals surface area (Å²) in [6.07, 6.45) is 5.40. The Labute approximate surface area is 111 Å². The van der Waals surface area contributed by atoms with Gasteiger partial charge in [-0.3, -0.25) is 4.98 Å². The standard InChI is InChI=1S/C15H14N4/c1-2-4-13(5-3-1)17-11-15-18-10-14(19-15)12-6-8-16-9-7-12/h1-10,17H,11H2,(H,18,19). The van der Waals surface area contributed by atoms with Crippen LogP contribution < -0.4 is 5.32 Å². The molecule has 0 aliphatic carbocycles. The molecule has 0 radical (unpaired) electrons. The molecule has 0 aliphatic rings. The molecule has 0 saturated carbocycles. The van der Waals surface area contributed by atoms with E-state index in [0.717, 1.165) is 22.8 Å². The van der Waals surface area contributed by atoms with Crippen LogP contribution in [0.25, 0.3) is 11.3 Å². The maximum Gasteiger partial charge on any atom is 0.125 e. The molecule has 4 nitrogen and oxygen atoms in total. The summed E-state index contributed by atoms with van der Waals surface area (Å²) in [5.41, 5.74) is 3.19. The minimum atomic E-state index is 0.676. The van der Waals surface area contributed by atoms with E-state index in [1.54, 1.807) is 12.4 Å². The molecule has 0 amide bonds. The summed E-state index contributed by atoms with van der Waals surface area (Å²) in [5.74, 6) is 0.913. The van der Waals surface area contributed by atoms with Gasteiger partial charge in [-0.2, -0.15) is 0 Å². The van der Waals surface area contributed by atoms with Gasteiger partial charge in [0.15, 0.2) is 0 Å². The zero-order valence-electron chi connectivity index (χ0n) is 10.4. The first-order chi connectivity index (χ1) is 9.42. The number of aromatic nitrogens is 3. The second kappa shape index (κ2) is 5.35. The molecule has 2 N–H and O–H groups in total. The Hall–Kier alpha value is -2.62. The number of nitrogens with one attached hydrogen (secondary N) is 2. The van der Waals surface area contributed by atoms with E-state index in [0.29, 0.717) is 6.54 Å². The van der Waals surface area contributed by atoms with Crippen molar-refractivity contribution in [3.05, 3.63) is 66.9 Å². The Kier molecular flexibility index (Phi) is 3.23.